The van der Waals surface area contributed by atoms with Crippen LogP contribution in [0.5, 0.6) is 11.5 Å². The van der Waals surface area contributed by atoms with E-state index in [1.165, 1.54) is 6.07 Å². The van der Waals surface area contributed by atoms with Gasteiger partial charge in [-0.05, 0) is 30.2 Å². The fraction of sp³-hybridized carbons (Fsp3) is 0.273. The lowest BCUT2D eigenvalue weighted by Gasteiger charge is -2.11. The smallest absolute Gasteiger partial charge is 0.336 e. The van der Waals surface area contributed by atoms with E-state index in [9.17, 15) is 9.59 Å². The predicted molar refractivity (Wildman–Crippen MR) is 107 cm³/mol. The number of rotatable bonds is 8. The Bertz CT molecular complexity index is 1020. The third kappa shape index (κ3) is 4.71. The zero-order valence-corrected chi connectivity index (χ0v) is 16.0. The second-order valence-electron chi connectivity index (χ2n) is 6.38. The van der Waals surface area contributed by atoms with Gasteiger partial charge in [0.15, 0.2) is 6.61 Å². The van der Waals surface area contributed by atoms with Crippen LogP contribution in [0.15, 0.2) is 57.7 Å². The second kappa shape index (κ2) is 9.08. The number of ether oxygens (including phenoxy) is 2. The lowest BCUT2D eigenvalue weighted by atomic mass is 10.1. The molecule has 1 N–H and O–H groups in total. The molecule has 0 bridgehead atoms. The first-order valence-corrected chi connectivity index (χ1v) is 9.19. The molecule has 0 aliphatic rings. The Kier molecular flexibility index (Phi) is 6.32. The molecule has 0 atom stereocenters. The van der Waals surface area contributed by atoms with Gasteiger partial charge in [0, 0.05) is 29.6 Å². The van der Waals surface area contributed by atoms with E-state index in [-0.39, 0.29) is 18.1 Å². The zero-order chi connectivity index (χ0) is 19.9. The van der Waals surface area contributed by atoms with Gasteiger partial charge in [0.2, 0.25) is 0 Å². The van der Waals surface area contributed by atoms with Gasteiger partial charge >= 0.3 is 5.63 Å². The Hall–Kier alpha value is -3.28. The molecule has 0 saturated carbocycles. The molecular weight excluding hydrogens is 358 g/mol. The van der Waals surface area contributed by atoms with Crippen LogP contribution in [0.1, 0.15) is 24.5 Å². The minimum Gasteiger partial charge on any atom is -0.496 e. The molecule has 0 radical (unpaired) electrons. The molecule has 1 amide bonds. The molecule has 0 unspecified atom stereocenters. The van der Waals surface area contributed by atoms with Crippen LogP contribution < -0.4 is 20.4 Å². The average molecular weight is 381 g/mol. The topological polar surface area (TPSA) is 77.8 Å². The van der Waals surface area contributed by atoms with Crippen LogP contribution in [0.25, 0.3) is 11.0 Å². The van der Waals surface area contributed by atoms with Gasteiger partial charge in [0.1, 0.15) is 17.1 Å². The summed E-state index contributed by atoms with van der Waals surface area (Å²) in [5.74, 6) is 0.931. The summed E-state index contributed by atoms with van der Waals surface area (Å²) in [4.78, 5) is 23.8. The molecule has 2 aromatic carbocycles. The van der Waals surface area contributed by atoms with E-state index < -0.39 is 0 Å². The molecule has 0 aliphatic heterocycles. The molecule has 3 aromatic rings. The van der Waals surface area contributed by atoms with Crippen molar-refractivity contribution in [2.24, 2.45) is 0 Å². The van der Waals surface area contributed by atoms with Crippen molar-refractivity contribution >= 4 is 16.9 Å². The van der Waals surface area contributed by atoms with Crippen LogP contribution in [0.4, 0.5) is 0 Å². The van der Waals surface area contributed by atoms with Gasteiger partial charge in [0.05, 0.1) is 7.11 Å². The minimum absolute atomic E-state index is 0.139. The number of amides is 1. The molecular formula is C22H23NO5. The predicted octanol–water partition coefficient (Wildman–Crippen LogP) is 3.45. The highest BCUT2D eigenvalue weighted by atomic mass is 16.5. The van der Waals surface area contributed by atoms with Gasteiger partial charge in [-0.15, -0.1) is 0 Å². The normalized spacial score (nSPS) is 10.6. The Morgan fingerprint density at radius 2 is 1.93 bits per heavy atom. The largest absolute Gasteiger partial charge is 0.496 e. The first-order valence-electron chi connectivity index (χ1n) is 9.19. The summed E-state index contributed by atoms with van der Waals surface area (Å²) in [6, 6.07) is 14.3. The van der Waals surface area contributed by atoms with Gasteiger partial charge in [-0.2, -0.15) is 0 Å². The van der Waals surface area contributed by atoms with Gasteiger partial charge in [-0.3, -0.25) is 4.79 Å². The molecule has 6 heteroatoms. The van der Waals surface area contributed by atoms with Crippen LogP contribution in [0, 0.1) is 0 Å². The van der Waals surface area contributed by atoms with Gasteiger partial charge in [0.25, 0.3) is 5.91 Å². The number of methoxy groups -OCH3 is 1. The molecule has 1 aromatic heterocycles. The maximum atomic E-state index is 12.1. The molecule has 146 valence electrons. The highest BCUT2D eigenvalue weighted by molar-refractivity contribution is 5.82. The standard InChI is InChI=1S/C22H23NO5/c1-3-6-15-11-22(25)28-20-12-17(9-10-18(15)20)27-14-21(24)23-13-16-7-4-5-8-19(16)26-2/h4-5,7-12H,3,6,13-14H2,1-2H3,(H,23,24). The summed E-state index contributed by atoms with van der Waals surface area (Å²) in [6.07, 6.45) is 1.73. The Morgan fingerprint density at radius 3 is 2.71 bits per heavy atom. The van der Waals surface area contributed by atoms with Crippen molar-refractivity contribution in [2.75, 3.05) is 13.7 Å². The number of carbonyl (C=O) groups is 1. The minimum atomic E-state index is -0.386. The fourth-order valence-corrected chi connectivity index (χ4v) is 3.02. The Labute approximate surface area is 163 Å². The van der Waals surface area contributed by atoms with Crippen molar-refractivity contribution < 1.29 is 18.7 Å². The van der Waals surface area contributed by atoms with Crippen molar-refractivity contribution in [1.82, 2.24) is 5.32 Å². The van der Waals surface area contributed by atoms with Crippen LogP contribution >= 0.6 is 0 Å². The van der Waals surface area contributed by atoms with Gasteiger partial charge < -0.3 is 19.2 Å². The summed E-state index contributed by atoms with van der Waals surface area (Å²) < 4.78 is 16.1. The Balaban J connectivity index is 1.63. The third-order valence-corrected chi connectivity index (χ3v) is 4.36. The van der Waals surface area contributed by atoms with Crippen molar-refractivity contribution in [3.05, 3.63) is 70.1 Å². The summed E-state index contributed by atoms with van der Waals surface area (Å²) in [5, 5.41) is 3.68. The summed E-state index contributed by atoms with van der Waals surface area (Å²) >= 11 is 0. The third-order valence-electron chi connectivity index (χ3n) is 4.36. The van der Waals surface area contributed by atoms with E-state index >= 15 is 0 Å². The lowest BCUT2D eigenvalue weighted by Crippen LogP contribution is -2.28. The summed E-state index contributed by atoms with van der Waals surface area (Å²) in [6.45, 7) is 2.26. The molecule has 0 spiro atoms. The van der Waals surface area contributed by atoms with Gasteiger partial charge in [-0.1, -0.05) is 31.5 Å². The van der Waals surface area contributed by atoms with Crippen molar-refractivity contribution in [3.63, 3.8) is 0 Å². The number of hydrogen-bond donors (Lipinski definition) is 1. The number of aryl methyl sites for hydroxylation is 1. The van der Waals surface area contributed by atoms with Crippen LogP contribution in [0.2, 0.25) is 0 Å². The molecule has 0 saturated heterocycles. The molecule has 3 rings (SSSR count). The molecule has 0 fully saturated rings. The highest BCUT2D eigenvalue weighted by Gasteiger charge is 2.09. The fourth-order valence-electron chi connectivity index (χ4n) is 3.02. The maximum absolute atomic E-state index is 12.1. The molecule has 6 nitrogen and oxygen atoms in total. The number of para-hydroxylation sites is 1. The van der Waals surface area contributed by atoms with E-state index in [1.807, 2.05) is 30.3 Å². The van der Waals surface area contributed by atoms with E-state index in [0.29, 0.717) is 17.9 Å². The van der Waals surface area contributed by atoms with E-state index in [1.54, 1.807) is 19.2 Å². The van der Waals surface area contributed by atoms with Crippen LogP contribution in [-0.2, 0) is 17.8 Å². The monoisotopic (exact) mass is 381 g/mol. The van der Waals surface area contributed by atoms with Crippen LogP contribution in [-0.4, -0.2) is 19.6 Å². The zero-order valence-electron chi connectivity index (χ0n) is 16.0. The number of benzene rings is 2. The average Bonchev–Trinajstić information content (AvgIpc) is 2.70. The van der Waals surface area contributed by atoms with Crippen molar-refractivity contribution in [2.45, 2.75) is 26.3 Å². The molecule has 0 aliphatic carbocycles. The SMILES string of the molecule is CCCc1cc(=O)oc2cc(OCC(=O)NCc3ccccc3OC)ccc12. The number of nitrogens with one attached hydrogen (secondary N) is 1. The number of fused-ring (bicyclic) bond motifs is 1. The van der Waals surface area contributed by atoms with Crippen molar-refractivity contribution in [1.29, 1.82) is 0 Å². The number of carbonyl (C=O) groups excluding carboxylic acids is 1. The summed E-state index contributed by atoms with van der Waals surface area (Å²) in [5.41, 5.74) is 1.91. The summed E-state index contributed by atoms with van der Waals surface area (Å²) in [7, 11) is 1.59. The van der Waals surface area contributed by atoms with E-state index in [4.69, 9.17) is 13.9 Å². The van der Waals surface area contributed by atoms with E-state index in [2.05, 4.69) is 12.2 Å². The second-order valence-corrected chi connectivity index (χ2v) is 6.38. The Morgan fingerprint density at radius 1 is 1.11 bits per heavy atom. The maximum Gasteiger partial charge on any atom is 0.336 e. The van der Waals surface area contributed by atoms with E-state index in [0.717, 1.165) is 35.1 Å². The highest BCUT2D eigenvalue weighted by Crippen LogP contribution is 2.23. The first kappa shape index (κ1) is 19.5. The van der Waals surface area contributed by atoms with Crippen molar-refractivity contribution in [3.8, 4) is 11.5 Å². The number of hydrogen-bond acceptors (Lipinski definition) is 5. The molecule has 1 heterocycles. The first-order chi connectivity index (χ1) is 13.6. The molecule has 28 heavy (non-hydrogen) atoms. The lowest BCUT2D eigenvalue weighted by molar-refractivity contribution is -0.123. The van der Waals surface area contributed by atoms with Crippen LogP contribution in [0.3, 0.4) is 0 Å². The quantitative estimate of drug-likeness (QED) is 0.605. The van der Waals surface area contributed by atoms with Gasteiger partial charge in [-0.25, -0.2) is 4.79 Å².